The molecule has 0 bridgehead atoms. The van der Waals surface area contributed by atoms with E-state index >= 15 is 0 Å². The molecule has 3 aliphatic rings. The minimum Gasteiger partial charge on any atom is -0.310 e. The van der Waals surface area contributed by atoms with E-state index in [9.17, 15) is 0 Å². The van der Waals surface area contributed by atoms with Gasteiger partial charge >= 0.3 is 0 Å². The molecule has 1 aliphatic heterocycles. The molecule has 2 heteroatoms. The van der Waals surface area contributed by atoms with Crippen molar-refractivity contribution < 1.29 is 0 Å². The summed E-state index contributed by atoms with van der Waals surface area (Å²) in [7, 11) is 0. The summed E-state index contributed by atoms with van der Waals surface area (Å²) in [5, 5.41) is 3.82. The van der Waals surface area contributed by atoms with Crippen LogP contribution in [-0.4, -0.2) is 36.1 Å². The Labute approximate surface area is 99.8 Å². The first kappa shape index (κ1) is 11.0. The lowest BCUT2D eigenvalue weighted by Gasteiger charge is -2.38. The van der Waals surface area contributed by atoms with Crippen LogP contribution in [0.15, 0.2) is 0 Å². The molecule has 92 valence electrons. The Morgan fingerprint density at radius 1 is 1.12 bits per heavy atom. The lowest BCUT2D eigenvalue weighted by molar-refractivity contribution is 0.119. The maximum Gasteiger partial charge on any atom is 0.0198 e. The summed E-state index contributed by atoms with van der Waals surface area (Å²) in [5.74, 6) is 1.05. The highest BCUT2D eigenvalue weighted by molar-refractivity contribution is 4.93. The Balaban J connectivity index is 1.52. The summed E-state index contributed by atoms with van der Waals surface area (Å²) in [4.78, 5) is 2.79. The molecule has 2 unspecified atom stereocenters. The summed E-state index contributed by atoms with van der Waals surface area (Å²) in [6, 6.07) is 2.59. The van der Waals surface area contributed by atoms with Gasteiger partial charge in [-0.25, -0.2) is 0 Å². The van der Waals surface area contributed by atoms with Crippen molar-refractivity contribution in [3.8, 4) is 0 Å². The van der Waals surface area contributed by atoms with Crippen LogP contribution in [0.5, 0.6) is 0 Å². The highest BCUT2D eigenvalue weighted by atomic mass is 15.2. The molecular weight excluding hydrogens is 196 g/mol. The van der Waals surface area contributed by atoms with Crippen molar-refractivity contribution >= 4 is 0 Å². The lowest BCUT2D eigenvalue weighted by Crippen LogP contribution is -2.50. The van der Waals surface area contributed by atoms with Crippen molar-refractivity contribution in [3.63, 3.8) is 0 Å². The molecule has 1 saturated heterocycles. The van der Waals surface area contributed by atoms with Gasteiger partial charge in [-0.05, 0) is 57.4 Å². The second kappa shape index (κ2) is 4.66. The Bertz CT molecular complexity index is 233. The number of piperidine rings is 1. The van der Waals surface area contributed by atoms with Crippen molar-refractivity contribution in [2.24, 2.45) is 5.92 Å². The number of nitrogens with one attached hydrogen (secondary N) is 1. The molecule has 2 nitrogen and oxygen atoms in total. The van der Waals surface area contributed by atoms with E-state index in [1.807, 2.05) is 0 Å². The van der Waals surface area contributed by atoms with Crippen LogP contribution in [-0.2, 0) is 0 Å². The fraction of sp³-hybridized carbons (Fsp3) is 1.00. The average Bonchev–Trinajstić information content (AvgIpc) is 3.12. The van der Waals surface area contributed by atoms with Crippen molar-refractivity contribution in [3.05, 3.63) is 0 Å². The van der Waals surface area contributed by atoms with Gasteiger partial charge in [0.05, 0.1) is 0 Å². The predicted molar refractivity (Wildman–Crippen MR) is 67.6 cm³/mol. The van der Waals surface area contributed by atoms with Crippen LogP contribution in [0.25, 0.3) is 0 Å². The Morgan fingerprint density at radius 2 is 1.94 bits per heavy atom. The fourth-order valence-electron chi connectivity index (χ4n) is 3.40. The van der Waals surface area contributed by atoms with Crippen LogP contribution in [0, 0.1) is 5.92 Å². The third-order valence-electron chi connectivity index (χ3n) is 4.56. The highest BCUT2D eigenvalue weighted by Gasteiger charge is 2.36. The van der Waals surface area contributed by atoms with E-state index in [1.165, 1.54) is 58.0 Å². The van der Waals surface area contributed by atoms with Crippen LogP contribution in [0.3, 0.4) is 0 Å². The molecule has 3 fully saturated rings. The van der Waals surface area contributed by atoms with Crippen molar-refractivity contribution in [2.75, 3.05) is 13.1 Å². The maximum absolute atomic E-state index is 3.82. The van der Waals surface area contributed by atoms with Gasteiger partial charge in [0.25, 0.3) is 0 Å². The maximum atomic E-state index is 3.82. The quantitative estimate of drug-likeness (QED) is 0.768. The van der Waals surface area contributed by atoms with Crippen LogP contribution in [0.1, 0.15) is 51.9 Å². The zero-order valence-electron chi connectivity index (χ0n) is 10.6. The molecule has 2 saturated carbocycles. The average molecular weight is 222 g/mol. The number of rotatable bonds is 5. The van der Waals surface area contributed by atoms with Gasteiger partial charge in [0.15, 0.2) is 0 Å². The molecule has 0 aromatic carbocycles. The summed E-state index contributed by atoms with van der Waals surface area (Å²) in [5.41, 5.74) is 0. The Hall–Kier alpha value is -0.0800. The van der Waals surface area contributed by atoms with E-state index in [4.69, 9.17) is 0 Å². The lowest BCUT2D eigenvalue weighted by atomic mass is 10.00. The second-order valence-corrected chi connectivity index (χ2v) is 6.09. The van der Waals surface area contributed by atoms with Gasteiger partial charge < -0.3 is 5.32 Å². The molecule has 2 atom stereocenters. The molecular formula is C14H26N2. The van der Waals surface area contributed by atoms with Gasteiger partial charge in [-0.1, -0.05) is 6.92 Å². The number of hydrogen-bond acceptors (Lipinski definition) is 2. The second-order valence-electron chi connectivity index (χ2n) is 6.09. The van der Waals surface area contributed by atoms with E-state index in [1.54, 1.807) is 0 Å². The van der Waals surface area contributed by atoms with Gasteiger partial charge in [0, 0.05) is 24.7 Å². The molecule has 0 radical (unpaired) electrons. The molecule has 1 heterocycles. The molecule has 0 aromatic rings. The van der Waals surface area contributed by atoms with Crippen molar-refractivity contribution in [1.82, 2.24) is 10.2 Å². The molecule has 16 heavy (non-hydrogen) atoms. The predicted octanol–water partition coefficient (Wildman–Crippen LogP) is 2.39. The van der Waals surface area contributed by atoms with Crippen molar-refractivity contribution in [2.45, 2.75) is 70.0 Å². The first-order chi connectivity index (χ1) is 7.86. The number of likely N-dealkylation sites (tertiary alicyclic amines) is 1. The third-order valence-corrected chi connectivity index (χ3v) is 4.56. The molecule has 0 aromatic heterocycles. The van der Waals surface area contributed by atoms with Gasteiger partial charge in [-0.3, -0.25) is 4.90 Å². The van der Waals surface area contributed by atoms with E-state index < -0.39 is 0 Å². The van der Waals surface area contributed by atoms with Crippen LogP contribution in [0.4, 0.5) is 0 Å². The van der Waals surface area contributed by atoms with Crippen molar-refractivity contribution in [1.29, 1.82) is 0 Å². The van der Waals surface area contributed by atoms with Gasteiger partial charge in [-0.15, -0.1) is 0 Å². The first-order valence-electron chi connectivity index (χ1n) is 7.37. The first-order valence-corrected chi connectivity index (χ1v) is 7.37. The normalized spacial score (nSPS) is 33.9. The van der Waals surface area contributed by atoms with E-state index in [0.29, 0.717) is 0 Å². The summed E-state index contributed by atoms with van der Waals surface area (Å²) >= 11 is 0. The van der Waals surface area contributed by atoms with Gasteiger partial charge in [-0.2, -0.15) is 0 Å². The summed E-state index contributed by atoms with van der Waals surface area (Å²) in [6.45, 7) is 5.06. The molecule has 3 rings (SSSR count). The number of nitrogens with zero attached hydrogens (tertiary/aromatic N) is 1. The largest absolute Gasteiger partial charge is 0.310 e. The molecule has 1 N–H and O–H groups in total. The zero-order chi connectivity index (χ0) is 11.0. The summed E-state index contributed by atoms with van der Waals surface area (Å²) in [6.07, 6.45) is 10.0. The highest BCUT2D eigenvalue weighted by Crippen LogP contribution is 2.37. The van der Waals surface area contributed by atoms with Gasteiger partial charge in [0.2, 0.25) is 0 Å². The minimum absolute atomic E-state index is 0.800. The van der Waals surface area contributed by atoms with Crippen LogP contribution in [0.2, 0.25) is 0 Å². The van der Waals surface area contributed by atoms with E-state index in [0.717, 1.165) is 24.0 Å². The minimum atomic E-state index is 0.800. The third kappa shape index (κ3) is 2.60. The molecule has 2 aliphatic carbocycles. The van der Waals surface area contributed by atoms with E-state index in [-0.39, 0.29) is 0 Å². The summed E-state index contributed by atoms with van der Waals surface area (Å²) < 4.78 is 0. The molecule has 0 amide bonds. The standard InChI is InChI=1S/C14H26N2/c1-2-14(11-5-6-11)16-9-3-4-13(10-16)15-12-7-8-12/h11-15H,2-10H2,1H3. The van der Waals surface area contributed by atoms with Crippen LogP contribution >= 0.6 is 0 Å². The number of hydrogen-bond donors (Lipinski definition) is 1. The fourth-order valence-corrected chi connectivity index (χ4v) is 3.40. The topological polar surface area (TPSA) is 15.3 Å². The zero-order valence-corrected chi connectivity index (χ0v) is 10.6. The Morgan fingerprint density at radius 3 is 2.56 bits per heavy atom. The monoisotopic (exact) mass is 222 g/mol. The van der Waals surface area contributed by atoms with E-state index in [2.05, 4.69) is 17.1 Å². The van der Waals surface area contributed by atoms with Crippen LogP contribution < -0.4 is 5.32 Å². The molecule has 0 spiro atoms. The smallest absolute Gasteiger partial charge is 0.0198 e. The Kier molecular flexibility index (Phi) is 3.21. The SMILES string of the molecule is CCC(C1CC1)N1CCCC(NC2CC2)C1. The van der Waals surface area contributed by atoms with Gasteiger partial charge in [0.1, 0.15) is 0 Å².